The van der Waals surface area contributed by atoms with Crippen LogP contribution in [-0.4, -0.2) is 21.6 Å². The number of carbonyl (C=O) groups excluding carboxylic acids is 1. The standard InChI is InChI=1S/C20H17N3O3/c1-2-8-23-12-17(16-7-6-13(11-21)9-18(16)23)19(24)22-15-5-3-4-14(10-15)20(25)26/h3-7,9-10,12H,2,8H2,1H3,(H,22,24)(H,25,26). The summed E-state index contributed by atoms with van der Waals surface area (Å²) in [5.74, 6) is -1.37. The molecule has 0 aliphatic carbocycles. The number of nitrogens with zero attached hydrogens (tertiary/aromatic N) is 2. The van der Waals surface area contributed by atoms with E-state index in [1.807, 2.05) is 11.5 Å². The molecule has 0 aliphatic rings. The van der Waals surface area contributed by atoms with Crippen molar-refractivity contribution in [1.29, 1.82) is 5.26 Å². The number of fused-ring (bicyclic) bond motifs is 1. The summed E-state index contributed by atoms with van der Waals surface area (Å²) >= 11 is 0. The Kier molecular flexibility index (Phi) is 4.72. The normalized spacial score (nSPS) is 10.5. The molecule has 26 heavy (non-hydrogen) atoms. The quantitative estimate of drug-likeness (QED) is 0.732. The number of benzene rings is 2. The highest BCUT2D eigenvalue weighted by atomic mass is 16.4. The first-order valence-corrected chi connectivity index (χ1v) is 8.21. The molecule has 0 saturated carbocycles. The molecule has 0 radical (unpaired) electrons. The maximum absolute atomic E-state index is 12.7. The van der Waals surface area contributed by atoms with Crippen LogP contribution in [0, 0.1) is 11.3 Å². The number of carboxylic acids is 1. The van der Waals surface area contributed by atoms with Crippen molar-refractivity contribution in [3.05, 3.63) is 65.4 Å². The zero-order valence-corrected chi connectivity index (χ0v) is 14.2. The van der Waals surface area contributed by atoms with E-state index in [-0.39, 0.29) is 11.5 Å². The zero-order chi connectivity index (χ0) is 18.7. The molecule has 3 rings (SSSR count). The van der Waals surface area contributed by atoms with Crippen LogP contribution in [0.25, 0.3) is 10.9 Å². The molecule has 1 amide bonds. The Bertz CT molecular complexity index is 1040. The zero-order valence-electron chi connectivity index (χ0n) is 14.2. The Hall–Kier alpha value is -3.59. The number of hydrogen-bond acceptors (Lipinski definition) is 3. The second-order valence-electron chi connectivity index (χ2n) is 5.92. The van der Waals surface area contributed by atoms with Crippen molar-refractivity contribution < 1.29 is 14.7 Å². The van der Waals surface area contributed by atoms with Gasteiger partial charge in [0.05, 0.1) is 28.3 Å². The maximum Gasteiger partial charge on any atom is 0.335 e. The van der Waals surface area contributed by atoms with Crippen molar-refractivity contribution in [2.24, 2.45) is 0 Å². The molecule has 2 aromatic carbocycles. The lowest BCUT2D eigenvalue weighted by atomic mass is 10.1. The Morgan fingerprint density at radius 1 is 1.23 bits per heavy atom. The van der Waals surface area contributed by atoms with Gasteiger partial charge in [0.25, 0.3) is 5.91 Å². The van der Waals surface area contributed by atoms with E-state index in [4.69, 9.17) is 10.4 Å². The number of aryl methyl sites for hydroxylation is 1. The highest BCUT2D eigenvalue weighted by Gasteiger charge is 2.16. The second-order valence-corrected chi connectivity index (χ2v) is 5.92. The minimum absolute atomic E-state index is 0.106. The van der Waals surface area contributed by atoms with Crippen molar-refractivity contribution in [1.82, 2.24) is 4.57 Å². The highest BCUT2D eigenvalue weighted by Crippen LogP contribution is 2.24. The van der Waals surface area contributed by atoms with Crippen LogP contribution < -0.4 is 5.32 Å². The molecular formula is C20H17N3O3. The van der Waals surface area contributed by atoms with Gasteiger partial charge in [-0.2, -0.15) is 5.26 Å². The summed E-state index contributed by atoms with van der Waals surface area (Å²) in [5.41, 5.74) is 2.37. The van der Waals surface area contributed by atoms with Crippen LogP contribution in [0.5, 0.6) is 0 Å². The predicted octanol–water partition coefficient (Wildman–Crippen LogP) is 3.87. The third kappa shape index (κ3) is 3.28. The van der Waals surface area contributed by atoms with E-state index in [1.165, 1.54) is 12.1 Å². The Labute approximate surface area is 150 Å². The number of aromatic nitrogens is 1. The van der Waals surface area contributed by atoms with Crippen LogP contribution in [0.3, 0.4) is 0 Å². The SMILES string of the molecule is CCCn1cc(C(=O)Nc2cccc(C(=O)O)c2)c2ccc(C#N)cc21. The summed E-state index contributed by atoms with van der Waals surface area (Å²) in [6, 6.07) is 13.4. The van der Waals surface area contributed by atoms with Crippen LogP contribution in [0.4, 0.5) is 5.69 Å². The molecule has 0 unspecified atom stereocenters. The molecule has 0 atom stereocenters. The van der Waals surface area contributed by atoms with Crippen LogP contribution in [0.1, 0.15) is 39.6 Å². The summed E-state index contributed by atoms with van der Waals surface area (Å²) in [7, 11) is 0. The minimum atomic E-state index is -1.05. The van der Waals surface area contributed by atoms with Gasteiger partial charge in [-0.05, 0) is 36.8 Å². The molecule has 6 heteroatoms. The van der Waals surface area contributed by atoms with Gasteiger partial charge in [0.15, 0.2) is 0 Å². The Balaban J connectivity index is 1.99. The number of nitriles is 1. The largest absolute Gasteiger partial charge is 0.478 e. The third-order valence-electron chi connectivity index (χ3n) is 4.09. The summed E-state index contributed by atoms with van der Waals surface area (Å²) in [6.45, 7) is 2.77. The van der Waals surface area contributed by atoms with E-state index in [0.29, 0.717) is 16.8 Å². The van der Waals surface area contributed by atoms with Crippen molar-refractivity contribution in [2.75, 3.05) is 5.32 Å². The summed E-state index contributed by atoms with van der Waals surface area (Å²) in [6.07, 6.45) is 2.66. The molecule has 3 aromatic rings. The third-order valence-corrected chi connectivity index (χ3v) is 4.09. The number of aromatic carboxylic acids is 1. The van der Waals surface area contributed by atoms with Crippen molar-refractivity contribution >= 4 is 28.5 Å². The summed E-state index contributed by atoms with van der Waals surface area (Å²) in [5, 5.41) is 21.7. The van der Waals surface area contributed by atoms with Gasteiger partial charge in [0.2, 0.25) is 0 Å². The Morgan fingerprint density at radius 2 is 2.04 bits per heavy atom. The predicted molar refractivity (Wildman–Crippen MR) is 98.3 cm³/mol. The fourth-order valence-electron chi connectivity index (χ4n) is 2.90. The lowest BCUT2D eigenvalue weighted by Crippen LogP contribution is -2.12. The smallest absolute Gasteiger partial charge is 0.335 e. The van der Waals surface area contributed by atoms with Crippen molar-refractivity contribution in [3.8, 4) is 6.07 Å². The highest BCUT2D eigenvalue weighted by molar-refractivity contribution is 6.13. The average molecular weight is 347 g/mol. The number of anilines is 1. The molecule has 6 nitrogen and oxygen atoms in total. The lowest BCUT2D eigenvalue weighted by molar-refractivity contribution is 0.0696. The van der Waals surface area contributed by atoms with E-state index in [1.54, 1.807) is 36.5 Å². The topological polar surface area (TPSA) is 95.1 Å². The Morgan fingerprint density at radius 3 is 2.73 bits per heavy atom. The number of rotatable bonds is 5. The van der Waals surface area contributed by atoms with E-state index in [2.05, 4.69) is 11.4 Å². The van der Waals surface area contributed by atoms with Gasteiger partial charge in [-0.3, -0.25) is 4.79 Å². The monoisotopic (exact) mass is 347 g/mol. The first kappa shape index (κ1) is 17.2. The van der Waals surface area contributed by atoms with Crippen molar-refractivity contribution in [3.63, 3.8) is 0 Å². The number of amides is 1. The molecular weight excluding hydrogens is 330 g/mol. The van der Waals surface area contributed by atoms with E-state index in [0.717, 1.165) is 23.9 Å². The van der Waals surface area contributed by atoms with Crippen LogP contribution in [0.2, 0.25) is 0 Å². The molecule has 130 valence electrons. The number of hydrogen-bond donors (Lipinski definition) is 2. The lowest BCUT2D eigenvalue weighted by Gasteiger charge is -2.05. The molecule has 0 aliphatic heterocycles. The average Bonchev–Trinajstić information content (AvgIpc) is 3.00. The van der Waals surface area contributed by atoms with Gasteiger partial charge < -0.3 is 15.0 Å². The molecule has 1 aromatic heterocycles. The van der Waals surface area contributed by atoms with Crippen molar-refractivity contribution in [2.45, 2.75) is 19.9 Å². The molecule has 0 bridgehead atoms. The number of nitrogens with one attached hydrogen (secondary N) is 1. The second kappa shape index (κ2) is 7.11. The van der Waals surface area contributed by atoms with Crippen LogP contribution in [-0.2, 0) is 6.54 Å². The van der Waals surface area contributed by atoms with Gasteiger partial charge in [-0.25, -0.2) is 4.79 Å². The number of carbonyl (C=O) groups is 2. The van der Waals surface area contributed by atoms with Crippen LogP contribution in [0.15, 0.2) is 48.7 Å². The molecule has 0 spiro atoms. The molecule has 2 N–H and O–H groups in total. The molecule has 1 heterocycles. The minimum Gasteiger partial charge on any atom is -0.478 e. The van der Waals surface area contributed by atoms with E-state index >= 15 is 0 Å². The summed E-state index contributed by atoms with van der Waals surface area (Å²) < 4.78 is 1.96. The maximum atomic E-state index is 12.7. The molecule has 0 fully saturated rings. The van der Waals surface area contributed by atoms with Gasteiger partial charge in [-0.1, -0.05) is 19.1 Å². The fourth-order valence-corrected chi connectivity index (χ4v) is 2.90. The van der Waals surface area contributed by atoms with Gasteiger partial charge in [0, 0.05) is 23.8 Å². The van der Waals surface area contributed by atoms with Gasteiger partial charge >= 0.3 is 5.97 Å². The van der Waals surface area contributed by atoms with Crippen LogP contribution >= 0.6 is 0 Å². The first-order valence-electron chi connectivity index (χ1n) is 8.21. The summed E-state index contributed by atoms with van der Waals surface area (Å²) in [4.78, 5) is 23.8. The van der Waals surface area contributed by atoms with Gasteiger partial charge in [0.1, 0.15) is 0 Å². The van der Waals surface area contributed by atoms with Gasteiger partial charge in [-0.15, -0.1) is 0 Å². The number of carboxylic acid groups (broad SMARTS) is 1. The molecule has 0 saturated heterocycles. The fraction of sp³-hybridized carbons (Fsp3) is 0.150. The van der Waals surface area contributed by atoms with E-state index < -0.39 is 5.97 Å². The first-order chi connectivity index (χ1) is 12.5. The van der Waals surface area contributed by atoms with E-state index in [9.17, 15) is 9.59 Å².